The summed E-state index contributed by atoms with van der Waals surface area (Å²) in [5.74, 6) is -5.00. The first-order valence-corrected chi connectivity index (χ1v) is 12.8. The summed E-state index contributed by atoms with van der Waals surface area (Å²) in [6, 6.07) is 10.9. The molecule has 0 aliphatic carbocycles. The quantitative estimate of drug-likeness (QED) is 0.459. The van der Waals surface area contributed by atoms with Gasteiger partial charge in [-0.05, 0) is 24.5 Å². The third kappa shape index (κ3) is 5.14. The van der Waals surface area contributed by atoms with Crippen molar-refractivity contribution in [2.75, 3.05) is 12.8 Å². The second-order valence-corrected chi connectivity index (χ2v) is 10.1. The monoisotopic (exact) mass is 519 g/mol. The maximum Gasteiger partial charge on any atom is 0.278 e. The van der Waals surface area contributed by atoms with Crippen molar-refractivity contribution in [2.45, 2.75) is 30.9 Å². The van der Waals surface area contributed by atoms with Gasteiger partial charge in [-0.2, -0.15) is 13.5 Å². The van der Waals surface area contributed by atoms with Gasteiger partial charge in [0.25, 0.3) is 21.5 Å². The highest BCUT2D eigenvalue weighted by atomic mass is 32.2. The number of H-pyrrole nitrogens is 1. The number of aromatic amines is 1. The van der Waals surface area contributed by atoms with E-state index in [9.17, 15) is 27.5 Å². The average molecular weight is 520 g/mol. The van der Waals surface area contributed by atoms with Gasteiger partial charge in [0.2, 0.25) is 0 Å². The van der Waals surface area contributed by atoms with Gasteiger partial charge in [0.1, 0.15) is 6.10 Å². The minimum absolute atomic E-state index is 0.122. The van der Waals surface area contributed by atoms with Crippen molar-refractivity contribution in [1.29, 1.82) is 0 Å². The molecule has 1 aliphatic heterocycles. The van der Waals surface area contributed by atoms with Gasteiger partial charge >= 0.3 is 0 Å². The summed E-state index contributed by atoms with van der Waals surface area (Å²) in [6.07, 6.45) is 1.05. The highest BCUT2D eigenvalue weighted by Crippen LogP contribution is 2.38. The van der Waals surface area contributed by atoms with E-state index in [4.69, 9.17) is 4.18 Å². The number of carbonyl (C=O) groups is 1. The molecular weight excluding hydrogens is 496 g/mol. The number of carbonyl (C=O) groups excluding carboxylic acids is 1. The van der Waals surface area contributed by atoms with Crippen molar-refractivity contribution in [3.63, 3.8) is 0 Å². The molecule has 1 saturated heterocycles. The molecule has 0 bridgehead atoms. The van der Waals surface area contributed by atoms with Crippen molar-refractivity contribution in [3.8, 4) is 5.75 Å². The van der Waals surface area contributed by atoms with Crippen LogP contribution in [0.3, 0.4) is 0 Å². The Morgan fingerprint density at radius 1 is 1.19 bits per heavy atom. The van der Waals surface area contributed by atoms with Crippen LogP contribution in [0.1, 0.15) is 40.4 Å². The number of aromatic hydroxyl groups is 1. The zero-order chi connectivity index (χ0) is 26.0. The number of aromatic nitrogens is 2. The number of likely N-dealkylation sites (tertiary alicyclic amines) is 1. The molecule has 36 heavy (non-hydrogen) atoms. The van der Waals surface area contributed by atoms with Crippen LogP contribution in [0.4, 0.5) is 8.78 Å². The van der Waals surface area contributed by atoms with Crippen molar-refractivity contribution in [3.05, 3.63) is 93.4 Å². The molecule has 2 N–H and O–H groups in total. The average Bonchev–Trinajstić information content (AvgIpc) is 3.32. The lowest BCUT2D eigenvalue weighted by atomic mass is 9.82. The van der Waals surface area contributed by atoms with Crippen molar-refractivity contribution < 1.29 is 31.3 Å². The molecule has 9 nitrogen and oxygen atoms in total. The Hall–Kier alpha value is -3.64. The Labute approximate surface area is 205 Å². The summed E-state index contributed by atoms with van der Waals surface area (Å²) >= 11 is 0. The number of hydrogen-bond acceptors (Lipinski definition) is 7. The molecule has 3 aromatic rings. The van der Waals surface area contributed by atoms with Crippen LogP contribution in [0.25, 0.3) is 0 Å². The van der Waals surface area contributed by atoms with Crippen LogP contribution < -0.4 is 5.43 Å². The fraction of sp³-hybridized carbons (Fsp3) is 0.292. The number of nitrogens with one attached hydrogen (secondary N) is 1. The summed E-state index contributed by atoms with van der Waals surface area (Å²) in [5, 5.41) is 15.7. The zero-order valence-electron chi connectivity index (χ0n) is 19.1. The van der Waals surface area contributed by atoms with Crippen LogP contribution in [0, 0.1) is 11.6 Å². The molecule has 2 unspecified atom stereocenters. The highest BCUT2D eigenvalue weighted by molar-refractivity contribution is 7.86. The number of amides is 1. The first-order chi connectivity index (χ1) is 17.1. The topological polar surface area (TPSA) is 130 Å². The van der Waals surface area contributed by atoms with E-state index in [1.54, 1.807) is 30.3 Å². The van der Waals surface area contributed by atoms with Gasteiger partial charge in [-0.25, -0.2) is 8.78 Å². The summed E-state index contributed by atoms with van der Waals surface area (Å²) in [4.78, 5) is 26.9. The molecule has 4 rings (SSSR count). The van der Waals surface area contributed by atoms with Gasteiger partial charge in [-0.1, -0.05) is 42.5 Å². The van der Waals surface area contributed by atoms with Gasteiger partial charge in [-0.15, -0.1) is 0 Å². The lowest BCUT2D eigenvalue weighted by Gasteiger charge is -2.36. The van der Waals surface area contributed by atoms with Crippen LogP contribution in [0.15, 0.2) is 59.5 Å². The van der Waals surface area contributed by atoms with Gasteiger partial charge < -0.3 is 10.0 Å². The Balaban J connectivity index is 1.87. The second-order valence-electron chi connectivity index (χ2n) is 8.45. The molecule has 1 aromatic heterocycles. The second kappa shape index (κ2) is 10.2. The fourth-order valence-corrected chi connectivity index (χ4v) is 5.22. The Bertz CT molecular complexity index is 1430. The van der Waals surface area contributed by atoms with Crippen molar-refractivity contribution in [2.24, 2.45) is 0 Å². The normalized spacial score (nSPS) is 17.6. The molecule has 0 spiro atoms. The highest BCUT2D eigenvalue weighted by Gasteiger charge is 2.44. The molecule has 2 aromatic carbocycles. The SMILES string of the molecule is CS(=O)(=O)OC(C(c1ccccc1)c1cccc(F)c1F)[C@H]1CCCN1C(=O)c1n[nH]cc(O)c1=O. The first kappa shape index (κ1) is 25.5. The predicted octanol–water partition coefficient (Wildman–Crippen LogP) is 2.54. The minimum Gasteiger partial charge on any atom is -0.503 e. The minimum atomic E-state index is -4.15. The number of benzene rings is 2. The molecule has 1 aliphatic rings. The lowest BCUT2D eigenvalue weighted by Crippen LogP contribution is -2.48. The molecule has 12 heteroatoms. The molecule has 0 radical (unpaired) electrons. The maximum absolute atomic E-state index is 15.1. The van der Waals surface area contributed by atoms with Crippen LogP contribution >= 0.6 is 0 Å². The summed E-state index contributed by atoms with van der Waals surface area (Å²) < 4.78 is 59.6. The largest absolute Gasteiger partial charge is 0.503 e. The van der Waals surface area contributed by atoms with Crippen LogP contribution in [-0.4, -0.2) is 59.5 Å². The molecule has 1 amide bonds. The lowest BCUT2D eigenvalue weighted by molar-refractivity contribution is 0.0525. The van der Waals surface area contributed by atoms with Gasteiger partial charge in [-0.3, -0.25) is 18.9 Å². The molecular formula is C24H23F2N3O6S. The van der Waals surface area contributed by atoms with Crippen LogP contribution in [0.2, 0.25) is 0 Å². The summed E-state index contributed by atoms with van der Waals surface area (Å²) in [7, 11) is -4.15. The number of hydrogen-bond donors (Lipinski definition) is 2. The van der Waals surface area contributed by atoms with E-state index in [0.717, 1.165) is 18.5 Å². The van der Waals surface area contributed by atoms with E-state index in [-0.39, 0.29) is 18.5 Å². The van der Waals surface area contributed by atoms with E-state index < -0.39 is 62.6 Å². The Morgan fingerprint density at radius 2 is 1.92 bits per heavy atom. The summed E-state index contributed by atoms with van der Waals surface area (Å²) in [6.45, 7) is 0.122. The van der Waals surface area contributed by atoms with E-state index in [0.29, 0.717) is 12.0 Å². The Morgan fingerprint density at radius 3 is 2.61 bits per heavy atom. The molecule has 190 valence electrons. The van der Waals surface area contributed by atoms with Gasteiger partial charge in [0, 0.05) is 18.0 Å². The Kier molecular flexibility index (Phi) is 7.18. The molecule has 0 saturated carbocycles. The van der Waals surface area contributed by atoms with E-state index in [1.165, 1.54) is 17.0 Å². The summed E-state index contributed by atoms with van der Waals surface area (Å²) in [5.41, 5.74) is -1.31. The molecule has 3 atom stereocenters. The number of rotatable bonds is 7. The van der Waals surface area contributed by atoms with Crippen molar-refractivity contribution in [1.82, 2.24) is 15.1 Å². The molecule has 2 heterocycles. The number of halogens is 2. The first-order valence-electron chi connectivity index (χ1n) is 11.0. The van der Waals surface area contributed by atoms with Gasteiger partial charge in [0.15, 0.2) is 23.1 Å². The van der Waals surface area contributed by atoms with Crippen LogP contribution in [-0.2, 0) is 14.3 Å². The smallest absolute Gasteiger partial charge is 0.278 e. The predicted molar refractivity (Wildman–Crippen MR) is 125 cm³/mol. The third-order valence-corrected chi connectivity index (χ3v) is 6.63. The van der Waals surface area contributed by atoms with E-state index in [2.05, 4.69) is 10.2 Å². The molecule has 1 fully saturated rings. The standard InChI is InChI=1S/C24H23F2N3O6S/c1-36(33,34)35-23(17-11-6-12-29(17)24(32)21-22(31)18(30)13-27-28-21)19(14-7-3-2-4-8-14)15-9-5-10-16(25)20(15)26/h2-5,7-10,13,17,19,23H,6,11-12H2,1H3,(H,27,31)(H,28,30)/t17-,19?,23?/m1/s1. The third-order valence-electron chi connectivity index (χ3n) is 6.06. The van der Waals surface area contributed by atoms with E-state index in [1.807, 2.05) is 0 Å². The van der Waals surface area contributed by atoms with E-state index >= 15 is 4.39 Å². The zero-order valence-corrected chi connectivity index (χ0v) is 19.9. The maximum atomic E-state index is 15.1. The van der Waals surface area contributed by atoms with Gasteiger partial charge in [0.05, 0.1) is 18.5 Å². The number of nitrogens with zero attached hydrogens (tertiary/aromatic N) is 2. The van der Waals surface area contributed by atoms with Crippen molar-refractivity contribution >= 4 is 16.0 Å². The fourth-order valence-electron chi connectivity index (χ4n) is 4.57. The van der Waals surface area contributed by atoms with Crippen LogP contribution in [0.5, 0.6) is 5.75 Å².